The summed E-state index contributed by atoms with van der Waals surface area (Å²) < 4.78 is 5.87. The second kappa shape index (κ2) is 8.13. The average molecular weight is 320 g/mol. The number of aliphatic hydroxyl groups excluding tert-OH is 1. The molecule has 0 amide bonds. The van der Waals surface area contributed by atoms with Crippen molar-refractivity contribution >= 4 is 0 Å². The van der Waals surface area contributed by atoms with Crippen LogP contribution in [0.15, 0.2) is 18.2 Å². The largest absolute Gasteiger partial charge is 0.493 e. The molecule has 1 aromatic rings. The normalized spacial score (nSPS) is 18.0. The van der Waals surface area contributed by atoms with Crippen LogP contribution >= 0.6 is 0 Å². The summed E-state index contributed by atoms with van der Waals surface area (Å²) in [6.45, 7) is 14.0. The number of rotatable bonds is 6. The first-order valence-corrected chi connectivity index (χ1v) is 8.80. The lowest BCUT2D eigenvalue weighted by atomic mass is 9.85. The quantitative estimate of drug-likeness (QED) is 0.846. The highest BCUT2D eigenvalue weighted by atomic mass is 16.5. The van der Waals surface area contributed by atoms with Gasteiger partial charge >= 0.3 is 0 Å². The van der Waals surface area contributed by atoms with Gasteiger partial charge in [-0.3, -0.25) is 4.90 Å². The third kappa shape index (κ3) is 5.20. The average Bonchev–Trinajstić information content (AvgIpc) is 2.52. The van der Waals surface area contributed by atoms with Gasteiger partial charge in [0.2, 0.25) is 0 Å². The van der Waals surface area contributed by atoms with Crippen molar-refractivity contribution in [2.75, 3.05) is 39.3 Å². The van der Waals surface area contributed by atoms with E-state index in [0.717, 1.165) is 43.9 Å². The smallest absolute Gasteiger partial charge is 0.125 e. The van der Waals surface area contributed by atoms with E-state index in [0.29, 0.717) is 13.2 Å². The maximum Gasteiger partial charge on any atom is 0.125 e. The Labute approximate surface area is 140 Å². The number of aliphatic hydroxyl groups is 1. The van der Waals surface area contributed by atoms with Gasteiger partial charge in [0.1, 0.15) is 5.75 Å². The summed E-state index contributed by atoms with van der Waals surface area (Å²) in [5.41, 5.74) is 2.22. The predicted molar refractivity (Wildman–Crippen MR) is 95.2 cm³/mol. The van der Waals surface area contributed by atoms with Crippen LogP contribution in [-0.4, -0.2) is 49.3 Å². The van der Waals surface area contributed by atoms with Gasteiger partial charge in [0.15, 0.2) is 0 Å². The Bertz CT molecular complexity index is 491. The fourth-order valence-electron chi connectivity index (χ4n) is 2.86. The van der Waals surface area contributed by atoms with Gasteiger partial charge in [0, 0.05) is 38.3 Å². The molecule has 1 aliphatic heterocycles. The van der Waals surface area contributed by atoms with Crippen molar-refractivity contribution in [3.05, 3.63) is 29.3 Å². The standard InChI is InChI=1S/C19H32N2O2/c1-5-12-23-18-7-6-15(19(2,3)4)13-16(18)17(22)14-21-10-8-20-9-11-21/h6-7,13,17,20,22H,5,8-12,14H2,1-4H3. The Morgan fingerprint density at radius 2 is 1.96 bits per heavy atom. The van der Waals surface area contributed by atoms with Gasteiger partial charge in [-0.2, -0.15) is 0 Å². The Kier molecular flexibility index (Phi) is 6.45. The summed E-state index contributed by atoms with van der Waals surface area (Å²) in [6, 6.07) is 6.26. The van der Waals surface area contributed by atoms with Crippen LogP contribution in [-0.2, 0) is 5.41 Å². The van der Waals surface area contributed by atoms with E-state index in [1.54, 1.807) is 0 Å². The molecule has 4 heteroatoms. The number of piperazine rings is 1. The molecule has 0 aromatic heterocycles. The molecule has 1 fully saturated rings. The van der Waals surface area contributed by atoms with Crippen LogP contribution in [0.5, 0.6) is 5.75 Å². The Hall–Kier alpha value is -1.10. The summed E-state index contributed by atoms with van der Waals surface area (Å²) in [5.74, 6) is 0.822. The number of benzene rings is 1. The van der Waals surface area contributed by atoms with Gasteiger partial charge in [0.05, 0.1) is 12.7 Å². The van der Waals surface area contributed by atoms with Gasteiger partial charge in [-0.05, 0) is 29.5 Å². The SMILES string of the molecule is CCCOc1ccc(C(C)(C)C)cc1C(O)CN1CCNCC1. The lowest BCUT2D eigenvalue weighted by Crippen LogP contribution is -2.45. The van der Waals surface area contributed by atoms with Crippen molar-refractivity contribution in [1.29, 1.82) is 0 Å². The van der Waals surface area contributed by atoms with Crippen LogP contribution in [0.3, 0.4) is 0 Å². The van der Waals surface area contributed by atoms with Crippen molar-refractivity contribution in [2.45, 2.75) is 45.6 Å². The summed E-state index contributed by atoms with van der Waals surface area (Å²) in [4.78, 5) is 2.31. The topological polar surface area (TPSA) is 44.7 Å². The molecule has 0 aliphatic carbocycles. The fourth-order valence-corrected chi connectivity index (χ4v) is 2.86. The van der Waals surface area contributed by atoms with Crippen LogP contribution in [0, 0.1) is 0 Å². The van der Waals surface area contributed by atoms with E-state index in [4.69, 9.17) is 4.74 Å². The zero-order chi connectivity index (χ0) is 16.9. The van der Waals surface area contributed by atoms with Crippen LogP contribution in [0.25, 0.3) is 0 Å². The van der Waals surface area contributed by atoms with Gasteiger partial charge < -0.3 is 15.2 Å². The van der Waals surface area contributed by atoms with E-state index in [-0.39, 0.29) is 5.41 Å². The fraction of sp³-hybridized carbons (Fsp3) is 0.684. The van der Waals surface area contributed by atoms with E-state index < -0.39 is 6.10 Å². The van der Waals surface area contributed by atoms with Crippen LogP contribution < -0.4 is 10.1 Å². The lowest BCUT2D eigenvalue weighted by Gasteiger charge is -2.30. The minimum Gasteiger partial charge on any atom is -0.493 e. The third-order valence-corrected chi connectivity index (χ3v) is 4.34. The van der Waals surface area contributed by atoms with Crippen molar-refractivity contribution < 1.29 is 9.84 Å². The molecule has 0 saturated carbocycles. The molecule has 1 aliphatic rings. The van der Waals surface area contributed by atoms with Crippen molar-refractivity contribution in [1.82, 2.24) is 10.2 Å². The molecule has 0 bridgehead atoms. The zero-order valence-electron chi connectivity index (χ0n) is 15.1. The number of hydrogen-bond donors (Lipinski definition) is 2. The van der Waals surface area contributed by atoms with Crippen molar-refractivity contribution in [2.24, 2.45) is 0 Å². The molecule has 130 valence electrons. The highest BCUT2D eigenvalue weighted by Gasteiger charge is 2.22. The molecular weight excluding hydrogens is 288 g/mol. The second-order valence-electron chi connectivity index (χ2n) is 7.42. The van der Waals surface area contributed by atoms with Crippen molar-refractivity contribution in [3.8, 4) is 5.75 Å². The maximum atomic E-state index is 10.8. The maximum absolute atomic E-state index is 10.8. The predicted octanol–water partition coefficient (Wildman–Crippen LogP) is 2.71. The monoisotopic (exact) mass is 320 g/mol. The lowest BCUT2D eigenvalue weighted by molar-refractivity contribution is 0.102. The molecule has 23 heavy (non-hydrogen) atoms. The molecule has 0 radical (unpaired) electrons. The molecule has 2 rings (SSSR count). The summed E-state index contributed by atoms with van der Waals surface area (Å²) >= 11 is 0. The van der Waals surface area contributed by atoms with Crippen LogP contribution in [0.2, 0.25) is 0 Å². The first-order valence-electron chi connectivity index (χ1n) is 8.80. The first-order chi connectivity index (χ1) is 10.9. The molecule has 0 spiro atoms. The third-order valence-electron chi connectivity index (χ3n) is 4.34. The molecule has 4 nitrogen and oxygen atoms in total. The summed E-state index contributed by atoms with van der Waals surface area (Å²) in [6.07, 6.45) is 0.455. The Balaban J connectivity index is 2.20. The van der Waals surface area contributed by atoms with Gasteiger partial charge in [-0.25, -0.2) is 0 Å². The Morgan fingerprint density at radius 1 is 1.26 bits per heavy atom. The van der Waals surface area contributed by atoms with Crippen molar-refractivity contribution in [3.63, 3.8) is 0 Å². The molecule has 1 atom stereocenters. The van der Waals surface area contributed by atoms with Crippen LogP contribution in [0.4, 0.5) is 0 Å². The molecule has 1 heterocycles. The van der Waals surface area contributed by atoms with Gasteiger partial charge in [-0.1, -0.05) is 33.8 Å². The molecule has 1 saturated heterocycles. The van der Waals surface area contributed by atoms with Gasteiger partial charge in [0.25, 0.3) is 0 Å². The zero-order valence-corrected chi connectivity index (χ0v) is 15.1. The van der Waals surface area contributed by atoms with E-state index in [2.05, 4.69) is 50.0 Å². The van der Waals surface area contributed by atoms with Crippen LogP contribution in [0.1, 0.15) is 51.3 Å². The summed E-state index contributed by atoms with van der Waals surface area (Å²) in [7, 11) is 0. The Morgan fingerprint density at radius 3 is 2.57 bits per heavy atom. The second-order valence-corrected chi connectivity index (χ2v) is 7.42. The number of ether oxygens (including phenoxy) is 1. The summed E-state index contributed by atoms with van der Waals surface area (Å²) in [5, 5.41) is 14.1. The molecule has 1 unspecified atom stereocenters. The van der Waals surface area contributed by atoms with Gasteiger partial charge in [-0.15, -0.1) is 0 Å². The highest BCUT2D eigenvalue weighted by molar-refractivity contribution is 5.41. The minimum atomic E-state index is -0.512. The molecule has 2 N–H and O–H groups in total. The van der Waals surface area contributed by atoms with E-state index in [1.807, 2.05) is 6.07 Å². The number of β-amino-alcohol motifs (C(OH)–C–C–N with tert-alkyl or cyclic N) is 1. The molecular formula is C19H32N2O2. The number of hydrogen-bond acceptors (Lipinski definition) is 4. The first kappa shape index (κ1) is 18.2. The van der Waals surface area contributed by atoms with E-state index in [1.165, 1.54) is 5.56 Å². The van der Waals surface area contributed by atoms with E-state index >= 15 is 0 Å². The minimum absolute atomic E-state index is 0.0623. The highest BCUT2D eigenvalue weighted by Crippen LogP contribution is 2.32. The number of nitrogens with one attached hydrogen (secondary N) is 1. The van der Waals surface area contributed by atoms with E-state index in [9.17, 15) is 5.11 Å². The number of nitrogens with zero attached hydrogens (tertiary/aromatic N) is 1. The molecule has 1 aromatic carbocycles.